The van der Waals surface area contributed by atoms with Gasteiger partial charge in [0.15, 0.2) is 11.6 Å². The van der Waals surface area contributed by atoms with Crippen LogP contribution in [0.5, 0.6) is 5.75 Å². The van der Waals surface area contributed by atoms with E-state index in [1.165, 1.54) is 6.20 Å². The molecular weight excluding hydrogens is 690 g/mol. The second kappa shape index (κ2) is 15.4. The molecule has 1 atom stereocenters. The van der Waals surface area contributed by atoms with Crippen molar-refractivity contribution < 1.29 is 22.3 Å². The van der Waals surface area contributed by atoms with Gasteiger partial charge in [-0.05, 0) is 43.5 Å². The maximum atomic E-state index is 15.6. The highest BCUT2D eigenvalue weighted by atomic mass is 35.5. The molecule has 49 heavy (non-hydrogen) atoms. The van der Waals surface area contributed by atoms with Crippen molar-refractivity contribution >= 4 is 50.5 Å². The van der Waals surface area contributed by atoms with E-state index in [1.807, 2.05) is 24.3 Å². The van der Waals surface area contributed by atoms with Gasteiger partial charge in [0.25, 0.3) is 0 Å². The van der Waals surface area contributed by atoms with Gasteiger partial charge in [-0.2, -0.15) is 0 Å². The summed E-state index contributed by atoms with van der Waals surface area (Å²) in [5, 5.41) is 13.4. The number of nitrogens with one attached hydrogen (secondary N) is 4. The molecule has 4 N–H and O–H groups in total. The average Bonchev–Trinajstić information content (AvgIpc) is 3.51. The number of carbonyl (C=O) groups is 1. The van der Waals surface area contributed by atoms with Gasteiger partial charge in [-0.3, -0.25) is 9.78 Å². The van der Waals surface area contributed by atoms with E-state index in [0.29, 0.717) is 76.2 Å². The SMILES string of the molecule is COc1cc(-c2nccc(-c3cccc(Nc4nccc(CNC5CCS(=O)(=O)CC5)c4F)c3Cl)c2Cl)ccc1CNC[C@H]1CCC(=O)N1. The third kappa shape index (κ3) is 8.33. The van der Waals surface area contributed by atoms with Crippen LogP contribution in [-0.4, -0.2) is 61.5 Å². The Kier molecular flexibility index (Phi) is 11.0. The number of pyridine rings is 2. The first-order valence-corrected chi connectivity index (χ1v) is 18.6. The Balaban J connectivity index is 1.18. The summed E-state index contributed by atoms with van der Waals surface area (Å²) in [5.41, 5.74) is 4.37. The molecule has 2 saturated heterocycles. The monoisotopic (exact) mass is 726 g/mol. The number of benzene rings is 2. The molecule has 2 fully saturated rings. The molecule has 14 heteroatoms. The number of halogens is 3. The van der Waals surface area contributed by atoms with Gasteiger partial charge >= 0.3 is 0 Å². The summed E-state index contributed by atoms with van der Waals surface area (Å²) >= 11 is 13.9. The highest BCUT2D eigenvalue weighted by molar-refractivity contribution is 7.91. The van der Waals surface area contributed by atoms with Crippen molar-refractivity contribution in [2.45, 2.75) is 50.9 Å². The minimum Gasteiger partial charge on any atom is -0.496 e. The summed E-state index contributed by atoms with van der Waals surface area (Å²) < 4.78 is 44.8. The number of methoxy groups -OCH3 is 1. The Labute approximate surface area is 295 Å². The zero-order valence-electron chi connectivity index (χ0n) is 26.9. The third-order valence-electron chi connectivity index (χ3n) is 8.89. The number of ether oxygens (including phenoxy) is 1. The van der Waals surface area contributed by atoms with Crippen molar-refractivity contribution in [2.24, 2.45) is 0 Å². The highest BCUT2D eigenvalue weighted by Gasteiger charge is 2.24. The molecule has 2 aliphatic rings. The number of amides is 1. The quantitative estimate of drug-likeness (QED) is 0.138. The molecule has 2 aromatic heterocycles. The van der Waals surface area contributed by atoms with E-state index in [1.54, 1.807) is 37.6 Å². The minimum atomic E-state index is -2.98. The van der Waals surface area contributed by atoms with E-state index in [-0.39, 0.29) is 41.9 Å². The van der Waals surface area contributed by atoms with Gasteiger partial charge in [-0.25, -0.2) is 17.8 Å². The summed E-state index contributed by atoms with van der Waals surface area (Å²) in [7, 11) is -1.37. The van der Waals surface area contributed by atoms with E-state index < -0.39 is 15.7 Å². The molecule has 1 amide bonds. The number of anilines is 2. The molecule has 4 heterocycles. The summed E-state index contributed by atoms with van der Waals surface area (Å²) in [6.45, 7) is 1.47. The molecular formula is C35H37Cl2FN6O4S. The molecule has 0 saturated carbocycles. The second-order valence-electron chi connectivity index (χ2n) is 12.2. The molecule has 10 nitrogen and oxygen atoms in total. The van der Waals surface area contributed by atoms with Crippen LogP contribution in [0.2, 0.25) is 10.0 Å². The standard InChI is InChI=1S/C35H37Cl2FN6O4S/c1-48-29-17-21(5-6-22(29)18-39-20-25-7-8-30(45)43-25)34-32(37)27(10-14-40-34)26-3-2-4-28(31(26)36)44-35-33(38)23(9-13-41-35)19-42-24-11-15-49(46,47)16-12-24/h2-6,9-10,13-14,17,24-25,39,42H,7-8,11-12,15-16,18-20H2,1H3,(H,41,44)(H,43,45)/t25-/m1/s1. The lowest BCUT2D eigenvalue weighted by atomic mass is 10.0. The molecule has 0 spiro atoms. The lowest BCUT2D eigenvalue weighted by molar-refractivity contribution is -0.119. The number of aromatic nitrogens is 2. The topological polar surface area (TPSA) is 134 Å². The van der Waals surface area contributed by atoms with Crippen LogP contribution >= 0.6 is 23.2 Å². The van der Waals surface area contributed by atoms with Gasteiger partial charge < -0.3 is 26.0 Å². The van der Waals surface area contributed by atoms with Crippen LogP contribution in [0, 0.1) is 5.82 Å². The number of hydrogen-bond donors (Lipinski definition) is 4. The minimum absolute atomic E-state index is 0.00253. The second-order valence-corrected chi connectivity index (χ2v) is 15.3. The van der Waals surface area contributed by atoms with Crippen LogP contribution in [0.25, 0.3) is 22.4 Å². The molecule has 0 radical (unpaired) electrons. The van der Waals surface area contributed by atoms with Crippen LogP contribution in [-0.2, 0) is 27.7 Å². The summed E-state index contributed by atoms with van der Waals surface area (Å²) in [6.07, 6.45) is 5.56. The van der Waals surface area contributed by atoms with Gasteiger partial charge in [0.2, 0.25) is 5.91 Å². The van der Waals surface area contributed by atoms with Crippen molar-refractivity contribution in [1.82, 2.24) is 25.9 Å². The Morgan fingerprint density at radius 3 is 2.49 bits per heavy atom. The van der Waals surface area contributed by atoms with Gasteiger partial charge in [0.05, 0.1) is 40.0 Å². The van der Waals surface area contributed by atoms with Crippen LogP contribution in [0.1, 0.15) is 36.8 Å². The maximum absolute atomic E-state index is 15.6. The Hall–Kier alpha value is -3.81. The third-order valence-corrected chi connectivity index (χ3v) is 11.4. The summed E-state index contributed by atoms with van der Waals surface area (Å²) in [6, 6.07) is 14.6. The first-order valence-electron chi connectivity index (χ1n) is 16.1. The Morgan fingerprint density at radius 2 is 1.73 bits per heavy atom. The fourth-order valence-corrected chi connectivity index (χ4v) is 8.21. The van der Waals surface area contributed by atoms with Gasteiger partial charge in [-0.15, -0.1) is 0 Å². The fourth-order valence-electron chi connectivity index (χ4n) is 6.12. The number of hydrogen-bond acceptors (Lipinski definition) is 9. The van der Waals surface area contributed by atoms with Gasteiger partial charge in [-0.1, -0.05) is 47.5 Å². The lowest BCUT2D eigenvalue weighted by Gasteiger charge is -2.23. The fraction of sp³-hybridized carbons (Fsp3) is 0.343. The van der Waals surface area contributed by atoms with Crippen molar-refractivity contribution in [3.8, 4) is 28.1 Å². The van der Waals surface area contributed by atoms with Gasteiger partial charge in [0, 0.05) is 78.3 Å². The molecule has 4 aromatic rings. The molecule has 2 aliphatic heterocycles. The molecule has 0 unspecified atom stereocenters. The number of nitrogens with zero attached hydrogens (tertiary/aromatic N) is 2. The Morgan fingerprint density at radius 1 is 0.959 bits per heavy atom. The zero-order chi connectivity index (χ0) is 34.5. The molecule has 0 aliphatic carbocycles. The molecule has 2 aromatic carbocycles. The number of rotatable bonds is 12. The van der Waals surface area contributed by atoms with Crippen LogP contribution in [0.4, 0.5) is 15.9 Å². The smallest absolute Gasteiger partial charge is 0.220 e. The largest absolute Gasteiger partial charge is 0.496 e. The van der Waals surface area contributed by atoms with Crippen LogP contribution in [0.15, 0.2) is 60.9 Å². The first-order chi connectivity index (χ1) is 23.6. The van der Waals surface area contributed by atoms with Crippen molar-refractivity contribution in [1.29, 1.82) is 0 Å². The first kappa shape index (κ1) is 35.0. The van der Waals surface area contributed by atoms with Crippen molar-refractivity contribution in [3.63, 3.8) is 0 Å². The average molecular weight is 728 g/mol. The number of carbonyl (C=O) groups excluding carboxylic acids is 1. The highest BCUT2D eigenvalue weighted by Crippen LogP contribution is 2.42. The van der Waals surface area contributed by atoms with E-state index in [2.05, 4.69) is 31.2 Å². The van der Waals surface area contributed by atoms with Crippen LogP contribution < -0.4 is 26.0 Å². The lowest BCUT2D eigenvalue weighted by Crippen LogP contribution is -2.37. The van der Waals surface area contributed by atoms with Crippen LogP contribution in [0.3, 0.4) is 0 Å². The maximum Gasteiger partial charge on any atom is 0.220 e. The van der Waals surface area contributed by atoms with E-state index in [0.717, 1.165) is 17.5 Å². The summed E-state index contributed by atoms with van der Waals surface area (Å²) in [4.78, 5) is 20.3. The molecule has 6 rings (SSSR count). The Bertz CT molecular complexity index is 1950. The predicted molar refractivity (Wildman–Crippen MR) is 191 cm³/mol. The molecule has 258 valence electrons. The zero-order valence-corrected chi connectivity index (χ0v) is 29.2. The summed E-state index contributed by atoms with van der Waals surface area (Å²) in [5.74, 6) is 0.519. The normalized spacial score (nSPS) is 17.6. The van der Waals surface area contributed by atoms with Crippen molar-refractivity contribution in [2.75, 3.05) is 30.5 Å². The van der Waals surface area contributed by atoms with E-state index in [4.69, 9.17) is 27.9 Å². The van der Waals surface area contributed by atoms with E-state index in [9.17, 15) is 13.2 Å². The molecule has 0 bridgehead atoms. The van der Waals surface area contributed by atoms with E-state index >= 15 is 4.39 Å². The number of sulfone groups is 1. The van der Waals surface area contributed by atoms with Crippen molar-refractivity contribution in [3.05, 3.63) is 87.9 Å². The predicted octanol–water partition coefficient (Wildman–Crippen LogP) is 6.04. The van der Waals surface area contributed by atoms with Gasteiger partial charge in [0.1, 0.15) is 15.6 Å².